The lowest BCUT2D eigenvalue weighted by Crippen LogP contribution is -2.06. The van der Waals surface area contributed by atoms with E-state index in [1.165, 1.54) is 0 Å². The van der Waals surface area contributed by atoms with E-state index in [0.29, 0.717) is 13.1 Å². The monoisotopic (exact) mass is 275 g/mol. The summed E-state index contributed by atoms with van der Waals surface area (Å²) >= 11 is 0. The molecule has 1 heterocycles. The van der Waals surface area contributed by atoms with Gasteiger partial charge in [-0.3, -0.25) is 0 Å². The zero-order valence-corrected chi connectivity index (χ0v) is 12.0. The zero-order valence-electron chi connectivity index (χ0n) is 12.0. The molecule has 2 N–H and O–H groups in total. The lowest BCUT2D eigenvalue weighted by molar-refractivity contribution is 0.359. The van der Waals surface area contributed by atoms with Gasteiger partial charge in [-0.05, 0) is 25.5 Å². The van der Waals surface area contributed by atoms with E-state index in [0.717, 1.165) is 35.6 Å². The molecule has 0 saturated heterocycles. The summed E-state index contributed by atoms with van der Waals surface area (Å²) in [7, 11) is 3.34. The van der Waals surface area contributed by atoms with Crippen LogP contribution in [0.15, 0.2) is 30.5 Å². The third kappa shape index (κ3) is 3.11. The summed E-state index contributed by atoms with van der Waals surface area (Å²) in [5.41, 5.74) is 7.71. The number of ether oxygens (including phenoxy) is 2. The van der Waals surface area contributed by atoms with E-state index in [1.807, 2.05) is 35.1 Å². The second kappa shape index (κ2) is 6.96. The number of rotatable bonds is 7. The Morgan fingerprint density at radius 3 is 2.65 bits per heavy atom. The molecule has 0 unspecified atom stereocenters. The molecular weight excluding hydrogens is 254 g/mol. The highest BCUT2D eigenvalue weighted by Crippen LogP contribution is 2.24. The van der Waals surface area contributed by atoms with Gasteiger partial charge in [-0.25, -0.2) is 4.68 Å². The first-order valence-corrected chi connectivity index (χ1v) is 6.70. The molecule has 0 atom stereocenters. The maximum atomic E-state index is 5.55. The fraction of sp³-hybridized carbons (Fsp3) is 0.400. The van der Waals surface area contributed by atoms with Crippen LogP contribution in [-0.4, -0.2) is 30.5 Å². The Hall–Kier alpha value is -2.01. The van der Waals surface area contributed by atoms with Crippen LogP contribution >= 0.6 is 0 Å². The van der Waals surface area contributed by atoms with Crippen molar-refractivity contribution in [2.45, 2.75) is 19.4 Å². The van der Waals surface area contributed by atoms with Gasteiger partial charge < -0.3 is 15.2 Å². The van der Waals surface area contributed by atoms with Crippen molar-refractivity contribution in [1.82, 2.24) is 9.78 Å². The summed E-state index contributed by atoms with van der Waals surface area (Å²) in [5.74, 6) is 1.65. The smallest absolute Gasteiger partial charge is 0.215 e. The minimum atomic E-state index is 0.621. The molecule has 0 saturated carbocycles. The van der Waals surface area contributed by atoms with Crippen molar-refractivity contribution in [1.29, 1.82) is 0 Å². The van der Waals surface area contributed by atoms with Crippen molar-refractivity contribution in [2.75, 3.05) is 20.8 Å². The molecule has 0 radical (unpaired) electrons. The lowest BCUT2D eigenvalue weighted by atomic mass is 10.2. The highest BCUT2D eigenvalue weighted by Gasteiger charge is 2.12. The Balaban J connectivity index is 2.22. The average molecular weight is 275 g/mol. The molecule has 0 aliphatic rings. The Morgan fingerprint density at radius 1 is 1.15 bits per heavy atom. The molecule has 1 aromatic carbocycles. The van der Waals surface area contributed by atoms with Crippen molar-refractivity contribution in [3.05, 3.63) is 41.6 Å². The second-order valence-corrected chi connectivity index (χ2v) is 4.54. The van der Waals surface area contributed by atoms with Gasteiger partial charge in [0.2, 0.25) is 5.88 Å². The minimum absolute atomic E-state index is 0.621. The molecule has 20 heavy (non-hydrogen) atoms. The molecular formula is C15H21N3O2. The fourth-order valence-electron chi connectivity index (χ4n) is 2.22. The lowest BCUT2D eigenvalue weighted by Gasteiger charge is -2.11. The number of aryl methyl sites for hydroxylation is 1. The van der Waals surface area contributed by atoms with Gasteiger partial charge in [0, 0.05) is 11.1 Å². The number of nitrogens with zero attached hydrogens (tertiary/aromatic N) is 2. The minimum Gasteiger partial charge on any atom is -0.496 e. The summed E-state index contributed by atoms with van der Waals surface area (Å²) in [4.78, 5) is 0. The first-order valence-electron chi connectivity index (χ1n) is 6.70. The van der Waals surface area contributed by atoms with Crippen molar-refractivity contribution < 1.29 is 9.47 Å². The number of para-hydroxylation sites is 1. The van der Waals surface area contributed by atoms with Gasteiger partial charge >= 0.3 is 0 Å². The molecule has 5 heteroatoms. The molecule has 2 rings (SSSR count). The van der Waals surface area contributed by atoms with Crippen LogP contribution in [0.2, 0.25) is 0 Å². The number of hydrogen-bond acceptors (Lipinski definition) is 4. The summed E-state index contributed by atoms with van der Waals surface area (Å²) in [6.45, 7) is 1.29. The van der Waals surface area contributed by atoms with Crippen LogP contribution in [0.25, 0.3) is 0 Å². The Kier molecular flexibility index (Phi) is 5.01. The molecule has 2 aromatic rings. The van der Waals surface area contributed by atoms with Crippen LogP contribution < -0.4 is 15.2 Å². The first-order chi connectivity index (χ1) is 9.80. The van der Waals surface area contributed by atoms with E-state index in [2.05, 4.69) is 5.10 Å². The maximum absolute atomic E-state index is 5.55. The second-order valence-electron chi connectivity index (χ2n) is 4.54. The predicted molar refractivity (Wildman–Crippen MR) is 78.3 cm³/mol. The number of methoxy groups -OCH3 is 2. The number of aromatic nitrogens is 2. The molecule has 0 spiro atoms. The largest absolute Gasteiger partial charge is 0.496 e. The molecule has 1 aromatic heterocycles. The highest BCUT2D eigenvalue weighted by molar-refractivity contribution is 5.34. The normalized spacial score (nSPS) is 10.6. The van der Waals surface area contributed by atoms with Gasteiger partial charge in [0.1, 0.15) is 5.75 Å². The number of hydrogen-bond donors (Lipinski definition) is 1. The average Bonchev–Trinajstić information content (AvgIpc) is 2.87. The van der Waals surface area contributed by atoms with Gasteiger partial charge in [0.05, 0.1) is 27.0 Å². The Labute approximate surface area is 119 Å². The van der Waals surface area contributed by atoms with Gasteiger partial charge in [0.15, 0.2) is 0 Å². The number of benzene rings is 1. The summed E-state index contributed by atoms with van der Waals surface area (Å²) in [6, 6.07) is 7.92. The molecule has 108 valence electrons. The number of nitrogens with two attached hydrogens (primary N) is 1. The summed E-state index contributed by atoms with van der Waals surface area (Å²) in [5, 5.41) is 4.41. The van der Waals surface area contributed by atoms with Gasteiger partial charge in [-0.1, -0.05) is 18.2 Å². The quantitative estimate of drug-likeness (QED) is 0.837. The summed E-state index contributed by atoms with van der Waals surface area (Å²) in [6.07, 6.45) is 3.66. The van der Waals surface area contributed by atoms with E-state index < -0.39 is 0 Å². The Bertz CT molecular complexity index is 552. The third-order valence-electron chi connectivity index (χ3n) is 3.22. The molecule has 0 fully saturated rings. The van der Waals surface area contributed by atoms with Gasteiger partial charge in [0.25, 0.3) is 0 Å². The molecule has 5 nitrogen and oxygen atoms in total. The van der Waals surface area contributed by atoms with Crippen LogP contribution in [0.4, 0.5) is 0 Å². The van der Waals surface area contributed by atoms with Gasteiger partial charge in [-0.2, -0.15) is 5.10 Å². The van der Waals surface area contributed by atoms with E-state index in [1.54, 1.807) is 14.2 Å². The maximum Gasteiger partial charge on any atom is 0.215 e. The molecule has 0 aliphatic carbocycles. The fourth-order valence-corrected chi connectivity index (χ4v) is 2.22. The van der Waals surface area contributed by atoms with Crippen molar-refractivity contribution in [2.24, 2.45) is 5.73 Å². The van der Waals surface area contributed by atoms with Crippen LogP contribution in [0.1, 0.15) is 17.5 Å². The first kappa shape index (κ1) is 14.4. The Morgan fingerprint density at radius 2 is 1.95 bits per heavy atom. The van der Waals surface area contributed by atoms with E-state index in [-0.39, 0.29) is 0 Å². The van der Waals surface area contributed by atoms with Crippen LogP contribution in [0.5, 0.6) is 11.6 Å². The highest BCUT2D eigenvalue weighted by atomic mass is 16.5. The SMILES string of the molecule is COc1ccccc1Cn1ncc(CCCN)c1OC. The third-order valence-corrected chi connectivity index (χ3v) is 3.22. The van der Waals surface area contributed by atoms with Crippen molar-refractivity contribution >= 4 is 0 Å². The van der Waals surface area contributed by atoms with Gasteiger partial charge in [-0.15, -0.1) is 0 Å². The standard InChI is InChI=1S/C15H21N3O2/c1-19-14-8-4-3-6-13(14)11-18-15(20-2)12(10-17-18)7-5-9-16/h3-4,6,8,10H,5,7,9,11,16H2,1-2H3. The van der Waals surface area contributed by atoms with E-state index in [9.17, 15) is 0 Å². The molecule has 0 aliphatic heterocycles. The molecule has 0 amide bonds. The van der Waals surface area contributed by atoms with Crippen LogP contribution in [-0.2, 0) is 13.0 Å². The van der Waals surface area contributed by atoms with E-state index >= 15 is 0 Å². The molecule has 0 bridgehead atoms. The topological polar surface area (TPSA) is 62.3 Å². The van der Waals surface area contributed by atoms with Crippen LogP contribution in [0.3, 0.4) is 0 Å². The van der Waals surface area contributed by atoms with Crippen molar-refractivity contribution in [3.63, 3.8) is 0 Å². The van der Waals surface area contributed by atoms with Crippen molar-refractivity contribution in [3.8, 4) is 11.6 Å². The predicted octanol–water partition coefficient (Wildman–Crippen LogP) is 1.84. The van der Waals surface area contributed by atoms with Crippen LogP contribution in [0, 0.1) is 0 Å². The summed E-state index contributed by atoms with van der Waals surface area (Å²) < 4.78 is 12.7. The van der Waals surface area contributed by atoms with E-state index in [4.69, 9.17) is 15.2 Å². The zero-order chi connectivity index (χ0) is 14.4.